The maximum Gasteiger partial charge on any atom is 0.252 e. The van der Waals surface area contributed by atoms with Crippen LogP contribution in [0.2, 0.25) is 5.02 Å². The number of hydrogen-bond donors (Lipinski definition) is 2. The highest BCUT2D eigenvalue weighted by atomic mass is 35.5. The fourth-order valence-electron chi connectivity index (χ4n) is 4.16. The molecule has 9 heteroatoms. The topological polar surface area (TPSA) is 89.9 Å². The number of carbonyl (C=O) groups is 1. The van der Waals surface area contributed by atoms with Crippen LogP contribution in [0.3, 0.4) is 0 Å². The average Bonchev–Trinajstić information content (AvgIpc) is 2.78. The number of piperidine rings is 1. The number of rotatable bonds is 5. The number of sulfone groups is 1. The molecule has 1 atom stereocenters. The van der Waals surface area contributed by atoms with Crippen molar-refractivity contribution in [2.75, 3.05) is 32.1 Å². The number of halogens is 1. The predicted octanol–water partition coefficient (Wildman–Crippen LogP) is 2.00. The van der Waals surface area contributed by atoms with Crippen LogP contribution in [-0.2, 0) is 14.6 Å². The molecule has 4 rings (SSSR count). The molecule has 31 heavy (non-hydrogen) atoms. The summed E-state index contributed by atoms with van der Waals surface area (Å²) in [5.41, 5.74) is 0. The number of fused-ring (bicyclic) bond motifs is 1. The lowest BCUT2D eigenvalue weighted by molar-refractivity contribution is -0.140. The molecule has 1 fully saturated rings. The standard InChI is InChI=1S/C22H26ClN3O4S/c23-18-4-2-17-13-20(5-3-16(17)12-18)31(29,30)14-21(27)22(28)25-10-6-19(7-11-25)26-9-1-8-24-15-26/h1-5,9,12-13,19,21,24,27H,6-8,10-11,14-15H2. The number of benzene rings is 2. The molecule has 2 aromatic rings. The van der Waals surface area contributed by atoms with Gasteiger partial charge in [0.25, 0.3) is 5.91 Å². The van der Waals surface area contributed by atoms with Crippen LogP contribution in [0.4, 0.5) is 0 Å². The smallest absolute Gasteiger partial charge is 0.252 e. The molecule has 0 saturated carbocycles. The SMILES string of the molecule is O=C(C(O)CS(=O)(=O)c1ccc2cc(Cl)ccc2c1)N1CCC(N2C=CCNC2)CC1. The van der Waals surface area contributed by atoms with Crippen molar-refractivity contribution in [3.05, 3.63) is 53.7 Å². The van der Waals surface area contributed by atoms with E-state index in [1.54, 1.807) is 35.2 Å². The number of amides is 1. The Morgan fingerprint density at radius 2 is 1.87 bits per heavy atom. The van der Waals surface area contributed by atoms with Crippen LogP contribution in [0.15, 0.2) is 53.6 Å². The second-order valence-corrected chi connectivity index (χ2v) is 10.5. The van der Waals surface area contributed by atoms with Gasteiger partial charge in [0.2, 0.25) is 0 Å². The van der Waals surface area contributed by atoms with Crippen molar-refractivity contribution in [2.45, 2.75) is 29.9 Å². The van der Waals surface area contributed by atoms with Crippen molar-refractivity contribution in [1.82, 2.24) is 15.1 Å². The lowest BCUT2D eigenvalue weighted by Crippen LogP contribution is -2.51. The van der Waals surface area contributed by atoms with Gasteiger partial charge in [-0.2, -0.15) is 0 Å². The number of hydrogen-bond acceptors (Lipinski definition) is 6. The summed E-state index contributed by atoms with van der Waals surface area (Å²) in [5, 5.41) is 15.8. The molecule has 166 valence electrons. The normalized spacial score (nSPS) is 19.0. The minimum Gasteiger partial charge on any atom is -0.382 e. The van der Waals surface area contributed by atoms with Gasteiger partial charge in [-0.25, -0.2) is 8.42 Å². The molecule has 0 aliphatic carbocycles. The minimum atomic E-state index is -3.83. The highest BCUT2D eigenvalue weighted by molar-refractivity contribution is 7.91. The zero-order chi connectivity index (χ0) is 22.0. The van der Waals surface area contributed by atoms with Crippen LogP contribution in [0.5, 0.6) is 0 Å². The zero-order valence-electron chi connectivity index (χ0n) is 17.1. The summed E-state index contributed by atoms with van der Waals surface area (Å²) in [4.78, 5) is 16.6. The van der Waals surface area contributed by atoms with E-state index < -0.39 is 27.6 Å². The number of aliphatic hydroxyl groups excluding tert-OH is 1. The Labute approximate surface area is 187 Å². The van der Waals surface area contributed by atoms with Crippen molar-refractivity contribution in [2.24, 2.45) is 0 Å². The van der Waals surface area contributed by atoms with Crippen LogP contribution in [0, 0.1) is 0 Å². The van der Waals surface area contributed by atoms with E-state index >= 15 is 0 Å². The van der Waals surface area contributed by atoms with E-state index in [2.05, 4.69) is 22.5 Å². The first-order valence-electron chi connectivity index (χ1n) is 10.4. The van der Waals surface area contributed by atoms with E-state index in [4.69, 9.17) is 11.6 Å². The van der Waals surface area contributed by atoms with Crippen LogP contribution < -0.4 is 5.32 Å². The Balaban J connectivity index is 1.38. The van der Waals surface area contributed by atoms with E-state index in [-0.39, 0.29) is 4.90 Å². The van der Waals surface area contributed by atoms with Crippen molar-refractivity contribution in [3.8, 4) is 0 Å². The molecule has 2 heterocycles. The fraction of sp³-hybridized carbons (Fsp3) is 0.409. The lowest BCUT2D eigenvalue weighted by atomic mass is 10.0. The Kier molecular flexibility index (Phi) is 6.52. The third-order valence-corrected chi connectivity index (χ3v) is 7.86. The van der Waals surface area contributed by atoms with Crippen molar-refractivity contribution in [1.29, 1.82) is 0 Å². The predicted molar refractivity (Wildman–Crippen MR) is 120 cm³/mol. The molecule has 2 aliphatic heterocycles. The molecule has 2 N–H and O–H groups in total. The molecule has 0 aromatic heterocycles. The summed E-state index contributed by atoms with van der Waals surface area (Å²) in [6.07, 6.45) is 4.13. The Morgan fingerprint density at radius 1 is 1.16 bits per heavy atom. The third kappa shape index (κ3) is 5.03. The highest BCUT2D eigenvalue weighted by Gasteiger charge is 2.32. The molecule has 1 amide bonds. The lowest BCUT2D eigenvalue weighted by Gasteiger charge is -2.39. The molecular formula is C22H26ClN3O4S. The van der Waals surface area contributed by atoms with E-state index in [1.165, 1.54) is 6.07 Å². The first kappa shape index (κ1) is 22.1. The number of aliphatic hydroxyl groups is 1. The number of nitrogens with zero attached hydrogens (tertiary/aromatic N) is 2. The highest BCUT2D eigenvalue weighted by Crippen LogP contribution is 2.24. The van der Waals surface area contributed by atoms with Gasteiger partial charge in [0.05, 0.1) is 17.3 Å². The molecule has 0 bridgehead atoms. The van der Waals surface area contributed by atoms with Crippen LogP contribution in [0.25, 0.3) is 10.8 Å². The summed E-state index contributed by atoms with van der Waals surface area (Å²) in [6, 6.07) is 10.2. The average molecular weight is 464 g/mol. The summed E-state index contributed by atoms with van der Waals surface area (Å²) < 4.78 is 25.6. The van der Waals surface area contributed by atoms with Gasteiger partial charge in [-0.15, -0.1) is 0 Å². The molecular weight excluding hydrogens is 438 g/mol. The quantitative estimate of drug-likeness (QED) is 0.705. The van der Waals surface area contributed by atoms with Gasteiger partial charge in [0.15, 0.2) is 9.84 Å². The van der Waals surface area contributed by atoms with Gasteiger partial charge in [0, 0.05) is 30.7 Å². The second-order valence-electron chi connectivity index (χ2n) is 8.02. The molecule has 0 radical (unpaired) electrons. The summed E-state index contributed by atoms with van der Waals surface area (Å²) in [5.74, 6) is -1.16. The summed E-state index contributed by atoms with van der Waals surface area (Å²) in [7, 11) is -3.83. The van der Waals surface area contributed by atoms with E-state index in [0.717, 1.165) is 36.8 Å². The molecule has 2 aliphatic rings. The molecule has 1 saturated heterocycles. The van der Waals surface area contributed by atoms with Crippen molar-refractivity contribution < 1.29 is 18.3 Å². The van der Waals surface area contributed by atoms with Gasteiger partial charge in [-0.3, -0.25) is 10.1 Å². The largest absolute Gasteiger partial charge is 0.382 e. The number of nitrogens with one attached hydrogen (secondary N) is 1. The minimum absolute atomic E-state index is 0.0808. The van der Waals surface area contributed by atoms with Crippen LogP contribution >= 0.6 is 11.6 Å². The zero-order valence-corrected chi connectivity index (χ0v) is 18.6. The molecule has 2 aromatic carbocycles. The van der Waals surface area contributed by atoms with Gasteiger partial charge >= 0.3 is 0 Å². The van der Waals surface area contributed by atoms with Crippen LogP contribution in [0.1, 0.15) is 12.8 Å². The summed E-state index contributed by atoms with van der Waals surface area (Å²) in [6.45, 7) is 2.65. The summed E-state index contributed by atoms with van der Waals surface area (Å²) >= 11 is 5.98. The molecule has 0 spiro atoms. The van der Waals surface area contributed by atoms with Gasteiger partial charge in [0.1, 0.15) is 6.10 Å². The maximum atomic E-state index is 12.8. The van der Waals surface area contributed by atoms with Crippen molar-refractivity contribution >= 4 is 38.1 Å². The second kappa shape index (κ2) is 9.16. The third-order valence-electron chi connectivity index (χ3n) is 5.89. The van der Waals surface area contributed by atoms with Gasteiger partial charge in [-0.05, 0) is 54.1 Å². The first-order valence-corrected chi connectivity index (χ1v) is 12.4. The Hall–Kier alpha value is -2.13. The Morgan fingerprint density at radius 3 is 2.58 bits per heavy atom. The molecule has 7 nitrogen and oxygen atoms in total. The van der Waals surface area contributed by atoms with E-state index in [9.17, 15) is 18.3 Å². The fourth-order valence-corrected chi connectivity index (χ4v) is 5.67. The molecule has 1 unspecified atom stereocenters. The number of likely N-dealkylation sites (tertiary alicyclic amines) is 1. The van der Waals surface area contributed by atoms with E-state index in [1.807, 2.05) is 0 Å². The maximum absolute atomic E-state index is 12.8. The number of carbonyl (C=O) groups excluding carboxylic acids is 1. The van der Waals surface area contributed by atoms with Gasteiger partial charge in [-0.1, -0.05) is 29.8 Å². The van der Waals surface area contributed by atoms with Crippen LogP contribution in [-0.4, -0.2) is 73.4 Å². The van der Waals surface area contributed by atoms with E-state index in [0.29, 0.717) is 24.2 Å². The van der Waals surface area contributed by atoms with Crippen molar-refractivity contribution in [3.63, 3.8) is 0 Å². The van der Waals surface area contributed by atoms with Gasteiger partial charge < -0.3 is 14.9 Å². The first-order chi connectivity index (χ1) is 14.8. The Bertz CT molecular complexity index is 1100. The monoisotopic (exact) mass is 463 g/mol.